The molecule has 0 radical (unpaired) electrons. The highest BCUT2D eigenvalue weighted by atomic mass is 19.1. The zero-order valence-corrected chi connectivity index (χ0v) is 16.7. The molecule has 1 aliphatic heterocycles. The van der Waals surface area contributed by atoms with Crippen molar-refractivity contribution in [3.8, 4) is 5.75 Å². The number of amides is 2. The Hall–Kier alpha value is -2.60. The molecule has 0 saturated carbocycles. The van der Waals surface area contributed by atoms with Crippen molar-refractivity contribution < 1.29 is 37.2 Å². The number of benzene rings is 2. The zero-order chi connectivity index (χ0) is 37.1. The molecule has 2 amide bonds. The van der Waals surface area contributed by atoms with Crippen LogP contribution in [-0.2, 0) is 13.0 Å². The summed E-state index contributed by atoms with van der Waals surface area (Å²) >= 11 is 0. The van der Waals surface area contributed by atoms with E-state index >= 15 is 0 Å². The number of nitrogens with zero attached hydrogens (tertiary/aromatic N) is 2. The topological polar surface area (TPSA) is 44.8 Å². The van der Waals surface area contributed by atoms with Gasteiger partial charge in [-0.25, -0.2) is 9.18 Å². The third-order valence-corrected chi connectivity index (χ3v) is 4.24. The fourth-order valence-corrected chi connectivity index (χ4v) is 2.67. The summed E-state index contributed by atoms with van der Waals surface area (Å²) in [7, 11) is 1.18. The van der Waals surface area contributed by atoms with Gasteiger partial charge in [0.25, 0.3) is 0 Å². The second kappa shape index (κ2) is 11.1. The number of carbonyl (C=O) groups is 1. The van der Waals surface area contributed by atoms with Gasteiger partial charge in [0.05, 0.1) is 14.8 Å². The first-order valence-electron chi connectivity index (χ1n) is 17.8. The van der Waals surface area contributed by atoms with Crippen molar-refractivity contribution in [2.24, 2.45) is 5.89 Å². The standard InChI is InChI=1S/C25H34FN3O2/c1-19(2)18-31-24-10-6-20(7-11-24)16-27-25(30)29(23-12-14-28(3)15-13-23)17-21-4-8-22(26)9-5-21/h4-11,19,23H,12-18H2,1-3H3,(H,27,30)/i1D3,2D3,14D2,15D2,16D2,17D2,18D2,19D. The van der Waals surface area contributed by atoms with E-state index in [1.165, 1.54) is 7.05 Å². The number of carbonyl (C=O) groups excluding carboxylic acids is 1. The Morgan fingerprint density at radius 3 is 2.55 bits per heavy atom. The smallest absolute Gasteiger partial charge is 0.318 e. The molecule has 5 nitrogen and oxygen atoms in total. The Labute approximate surface area is 209 Å². The summed E-state index contributed by atoms with van der Waals surface area (Å²) in [6, 6.07) is 4.77. The lowest BCUT2D eigenvalue weighted by Crippen LogP contribution is -2.49. The molecule has 1 fully saturated rings. The minimum atomic E-state index is -3.74. The van der Waals surface area contributed by atoms with Gasteiger partial charge in [0.2, 0.25) is 0 Å². The largest absolute Gasteiger partial charge is 0.493 e. The van der Waals surface area contributed by atoms with Crippen molar-refractivity contribution in [3.05, 3.63) is 65.5 Å². The SMILES string of the molecule is [2H]C([2H])(NC(=O)N(C1CC([2H])([2H])N(C)C([2H])([2H])C1)C([2H])([2H])c1ccc(F)cc1)c1ccc(OC([2H])([2H])C([2H])(C([2H])([2H])[2H])C([2H])([2H])[2H])cc1. The highest BCUT2D eigenvalue weighted by molar-refractivity contribution is 5.74. The fourth-order valence-electron chi connectivity index (χ4n) is 2.67. The summed E-state index contributed by atoms with van der Waals surface area (Å²) in [4.78, 5) is 15.0. The third-order valence-electron chi connectivity index (χ3n) is 4.24. The Bertz CT molecular complexity index is 1430. The lowest BCUT2D eigenvalue weighted by Gasteiger charge is -2.37. The van der Waals surface area contributed by atoms with Crippen LogP contribution in [0.1, 0.15) is 61.0 Å². The number of hydrogen-bond donors (Lipinski definition) is 1. The highest BCUT2D eigenvalue weighted by Crippen LogP contribution is 2.19. The van der Waals surface area contributed by atoms with E-state index in [4.69, 9.17) is 28.0 Å². The Morgan fingerprint density at radius 1 is 1.26 bits per heavy atom. The molecule has 1 heterocycles. The van der Waals surface area contributed by atoms with Gasteiger partial charge in [-0.15, -0.1) is 0 Å². The number of likely N-dealkylation sites (tertiary alicyclic amines) is 1. The maximum atomic E-state index is 13.8. The first-order valence-corrected chi connectivity index (χ1v) is 9.32. The van der Waals surface area contributed by atoms with Crippen molar-refractivity contribution in [1.29, 1.82) is 0 Å². The molecule has 6 heteroatoms. The number of halogens is 1. The van der Waals surface area contributed by atoms with Crippen LogP contribution in [0.4, 0.5) is 9.18 Å². The quantitative estimate of drug-likeness (QED) is 0.644. The van der Waals surface area contributed by atoms with Crippen LogP contribution >= 0.6 is 0 Å². The highest BCUT2D eigenvalue weighted by Gasteiger charge is 2.27. The predicted octanol–water partition coefficient (Wildman–Crippen LogP) is 4.67. The summed E-state index contributed by atoms with van der Waals surface area (Å²) < 4.78 is 156. The predicted molar refractivity (Wildman–Crippen MR) is 121 cm³/mol. The van der Waals surface area contributed by atoms with Gasteiger partial charge in [-0.1, -0.05) is 38.0 Å². The first kappa shape index (κ1) is 9.49. The van der Waals surface area contributed by atoms with Gasteiger partial charge >= 0.3 is 6.03 Å². The average molecular weight is 445 g/mol. The van der Waals surface area contributed by atoms with Crippen molar-refractivity contribution in [2.75, 3.05) is 26.6 Å². The van der Waals surface area contributed by atoms with Gasteiger partial charge in [-0.05, 0) is 74.2 Å². The number of rotatable bonds is 8. The minimum Gasteiger partial charge on any atom is -0.493 e. The van der Waals surface area contributed by atoms with Gasteiger partial charge in [0.1, 0.15) is 11.6 Å². The van der Waals surface area contributed by atoms with E-state index in [-0.39, 0.29) is 11.1 Å². The van der Waals surface area contributed by atoms with Crippen molar-refractivity contribution in [3.63, 3.8) is 0 Å². The fraction of sp³-hybridized carbons (Fsp3) is 0.480. The lowest BCUT2D eigenvalue weighted by atomic mass is 10.0. The molecule has 0 bridgehead atoms. The van der Waals surface area contributed by atoms with Crippen molar-refractivity contribution >= 4 is 6.03 Å². The molecule has 168 valence electrons. The van der Waals surface area contributed by atoms with E-state index in [1.807, 2.05) is 5.32 Å². The van der Waals surface area contributed by atoms with Crippen molar-refractivity contribution in [1.82, 2.24) is 15.1 Å². The Balaban J connectivity index is 1.97. The minimum absolute atomic E-state index is 0.269. The molecule has 2 aromatic carbocycles. The molecule has 1 aliphatic rings. The molecular formula is C25H34FN3O2. The monoisotopic (exact) mass is 444 g/mol. The van der Waals surface area contributed by atoms with Crippen LogP contribution in [0, 0.1) is 11.7 Å². The number of hydrogen-bond acceptors (Lipinski definition) is 3. The number of piperidine rings is 1. The summed E-state index contributed by atoms with van der Waals surface area (Å²) in [6.07, 6.45) is -1.17. The molecule has 2 aromatic rings. The van der Waals surface area contributed by atoms with Crippen LogP contribution < -0.4 is 10.1 Å². The van der Waals surface area contributed by atoms with E-state index in [9.17, 15) is 9.18 Å². The Kier molecular flexibility index (Phi) is 3.41. The number of nitrogens with one attached hydrogen (secondary N) is 1. The second-order valence-electron chi connectivity index (χ2n) is 6.58. The second-order valence-corrected chi connectivity index (χ2v) is 6.58. The van der Waals surface area contributed by atoms with Crippen LogP contribution in [0.3, 0.4) is 0 Å². The summed E-state index contributed by atoms with van der Waals surface area (Å²) in [6.45, 7) is -21.4. The number of ether oxygens (including phenoxy) is 1. The lowest BCUT2D eigenvalue weighted by molar-refractivity contribution is 0.127. The molecule has 0 unspecified atom stereocenters. The molecule has 0 aliphatic carbocycles. The van der Waals surface area contributed by atoms with E-state index < -0.39 is 88.6 Å². The van der Waals surface area contributed by atoms with E-state index in [0.717, 1.165) is 53.4 Å². The zero-order valence-electron chi connectivity index (χ0n) is 33.7. The average Bonchev–Trinajstić information content (AvgIpc) is 2.89. The molecule has 1 N–H and O–H groups in total. The van der Waals surface area contributed by atoms with Gasteiger partial charge in [-0.3, -0.25) is 0 Å². The Morgan fingerprint density at radius 2 is 1.90 bits per heavy atom. The molecule has 31 heavy (non-hydrogen) atoms. The normalized spacial score (nSPS) is 29.0. The first-order chi connectivity index (χ1) is 21.4. The van der Waals surface area contributed by atoms with E-state index in [2.05, 4.69) is 0 Å². The molecule has 3 rings (SSSR count). The van der Waals surface area contributed by atoms with E-state index in [0.29, 0.717) is 4.90 Å². The molecule has 0 spiro atoms. The van der Waals surface area contributed by atoms with Crippen LogP contribution in [0.15, 0.2) is 48.5 Å². The van der Waals surface area contributed by atoms with Crippen LogP contribution in [-0.4, -0.2) is 48.5 Å². The summed E-state index contributed by atoms with van der Waals surface area (Å²) in [5.41, 5.74) is -0.612. The maximum Gasteiger partial charge on any atom is 0.318 e. The molecule has 0 atom stereocenters. The van der Waals surface area contributed by atoms with Gasteiger partial charge in [0, 0.05) is 34.1 Å². The number of urea groups is 1. The van der Waals surface area contributed by atoms with Gasteiger partial charge < -0.3 is 19.9 Å². The van der Waals surface area contributed by atoms with Gasteiger partial charge in [0.15, 0.2) is 0 Å². The molecule has 1 saturated heterocycles. The van der Waals surface area contributed by atoms with Crippen LogP contribution in [0.25, 0.3) is 0 Å². The third kappa shape index (κ3) is 7.24. The maximum absolute atomic E-state index is 13.8. The van der Waals surface area contributed by atoms with E-state index in [1.54, 1.807) is 0 Å². The molecular weight excluding hydrogens is 393 g/mol. The van der Waals surface area contributed by atoms with Crippen LogP contribution in [0.2, 0.25) is 0 Å². The summed E-state index contributed by atoms with van der Waals surface area (Å²) in [5.74, 6) is -4.96. The molecule has 0 aromatic heterocycles. The van der Waals surface area contributed by atoms with Crippen LogP contribution in [0.5, 0.6) is 5.75 Å². The van der Waals surface area contributed by atoms with Crippen molar-refractivity contribution in [2.45, 2.75) is 45.6 Å². The van der Waals surface area contributed by atoms with Gasteiger partial charge in [-0.2, -0.15) is 0 Å². The summed E-state index contributed by atoms with van der Waals surface area (Å²) in [5, 5.41) is 2.01.